The number of hydrogen-bond donors (Lipinski definition) is 1. The predicted molar refractivity (Wildman–Crippen MR) is 70.7 cm³/mol. The fraction of sp³-hybridized carbons (Fsp3) is 0.231. The number of rotatable bonds is 4. The van der Waals surface area contributed by atoms with Gasteiger partial charge in [-0.05, 0) is 24.3 Å². The minimum absolute atomic E-state index is 0.268. The molecule has 0 saturated heterocycles. The van der Waals surface area contributed by atoms with Crippen molar-refractivity contribution in [2.24, 2.45) is 7.05 Å². The molecule has 0 aliphatic carbocycles. The zero-order valence-electron chi connectivity index (χ0n) is 11.0. The summed E-state index contributed by atoms with van der Waals surface area (Å²) < 4.78 is 11.6. The quantitative estimate of drug-likeness (QED) is 0.909. The summed E-state index contributed by atoms with van der Waals surface area (Å²) in [4.78, 5) is 12.1. The molecule has 1 heterocycles. The smallest absolute Gasteiger partial charge is 0.262 e. The molecule has 6 heteroatoms. The fourth-order valence-electron chi connectivity index (χ4n) is 1.65. The monoisotopic (exact) mass is 261 g/mol. The van der Waals surface area contributed by atoms with E-state index in [9.17, 15) is 4.79 Å². The van der Waals surface area contributed by atoms with E-state index in [-0.39, 0.29) is 5.91 Å². The molecule has 1 N–H and O–H groups in total. The molecular weight excluding hydrogens is 246 g/mol. The lowest BCUT2D eigenvalue weighted by Gasteiger charge is -2.05. The normalized spacial score (nSPS) is 10.1. The van der Waals surface area contributed by atoms with Crippen LogP contribution in [-0.2, 0) is 7.05 Å². The van der Waals surface area contributed by atoms with E-state index in [4.69, 9.17) is 9.47 Å². The number of hydrogen-bond acceptors (Lipinski definition) is 4. The molecule has 6 nitrogen and oxygen atoms in total. The highest BCUT2D eigenvalue weighted by molar-refractivity contribution is 6.05. The van der Waals surface area contributed by atoms with Crippen LogP contribution in [0.15, 0.2) is 30.5 Å². The topological polar surface area (TPSA) is 65.4 Å². The van der Waals surface area contributed by atoms with Crippen molar-refractivity contribution in [3.8, 4) is 11.6 Å². The maximum Gasteiger partial charge on any atom is 0.262 e. The van der Waals surface area contributed by atoms with Gasteiger partial charge in [-0.1, -0.05) is 0 Å². The largest absolute Gasteiger partial charge is 0.497 e. The molecule has 0 unspecified atom stereocenters. The van der Waals surface area contributed by atoms with Crippen LogP contribution in [0.1, 0.15) is 10.4 Å². The number of nitrogens with one attached hydrogen (secondary N) is 1. The highest BCUT2D eigenvalue weighted by Gasteiger charge is 2.16. The van der Waals surface area contributed by atoms with Gasteiger partial charge in [0.2, 0.25) is 5.88 Å². The van der Waals surface area contributed by atoms with Gasteiger partial charge in [-0.3, -0.25) is 9.48 Å². The van der Waals surface area contributed by atoms with Crippen LogP contribution in [0.5, 0.6) is 11.6 Å². The molecule has 0 aliphatic heterocycles. The number of nitrogens with zero attached hydrogens (tertiary/aromatic N) is 2. The third-order valence-electron chi connectivity index (χ3n) is 2.58. The molecule has 0 spiro atoms. The first kappa shape index (κ1) is 12.9. The molecule has 0 saturated carbocycles. The number of amides is 1. The molecule has 1 amide bonds. The van der Waals surface area contributed by atoms with Crippen LogP contribution in [0.25, 0.3) is 0 Å². The Morgan fingerprint density at radius 2 is 1.89 bits per heavy atom. The molecule has 0 aliphatic rings. The van der Waals surface area contributed by atoms with Crippen molar-refractivity contribution in [2.75, 3.05) is 19.5 Å². The Kier molecular flexibility index (Phi) is 3.70. The molecule has 0 radical (unpaired) electrons. The Labute approximate surface area is 110 Å². The van der Waals surface area contributed by atoms with Gasteiger partial charge in [-0.25, -0.2) is 0 Å². The van der Waals surface area contributed by atoms with Crippen LogP contribution < -0.4 is 14.8 Å². The number of anilines is 1. The predicted octanol–water partition coefficient (Wildman–Crippen LogP) is 1.69. The lowest BCUT2D eigenvalue weighted by molar-refractivity contribution is 0.102. The summed E-state index contributed by atoms with van der Waals surface area (Å²) in [6.07, 6.45) is 1.61. The van der Waals surface area contributed by atoms with Crippen LogP contribution in [-0.4, -0.2) is 29.9 Å². The Morgan fingerprint density at radius 3 is 2.47 bits per heavy atom. The van der Waals surface area contributed by atoms with Gasteiger partial charge in [0, 0.05) is 18.9 Å². The first-order valence-corrected chi connectivity index (χ1v) is 5.67. The van der Waals surface area contributed by atoms with Gasteiger partial charge in [0.25, 0.3) is 5.91 Å². The summed E-state index contributed by atoms with van der Waals surface area (Å²) in [6.45, 7) is 0. The Balaban J connectivity index is 2.15. The molecule has 2 rings (SSSR count). The van der Waals surface area contributed by atoms with E-state index in [1.807, 2.05) is 0 Å². The standard InChI is InChI=1S/C13H15N3O3/c1-16-8-11(13(15-16)19-3)12(17)14-9-4-6-10(18-2)7-5-9/h4-8H,1-3H3,(H,14,17). The van der Waals surface area contributed by atoms with Crippen molar-refractivity contribution in [1.29, 1.82) is 0 Å². The number of carbonyl (C=O) groups excluding carboxylic acids is 1. The van der Waals surface area contributed by atoms with Crippen molar-refractivity contribution in [3.63, 3.8) is 0 Å². The summed E-state index contributed by atoms with van der Waals surface area (Å²) in [5, 5.41) is 6.80. The van der Waals surface area contributed by atoms with E-state index >= 15 is 0 Å². The fourth-order valence-corrected chi connectivity index (χ4v) is 1.65. The van der Waals surface area contributed by atoms with E-state index in [1.54, 1.807) is 44.6 Å². The average molecular weight is 261 g/mol. The van der Waals surface area contributed by atoms with Crippen LogP contribution in [0.3, 0.4) is 0 Å². The number of benzene rings is 1. The molecule has 0 atom stereocenters. The van der Waals surface area contributed by atoms with Crippen molar-refractivity contribution >= 4 is 11.6 Å². The van der Waals surface area contributed by atoms with Gasteiger partial charge in [0.1, 0.15) is 11.3 Å². The Hall–Kier alpha value is -2.50. The van der Waals surface area contributed by atoms with Crippen molar-refractivity contribution in [3.05, 3.63) is 36.0 Å². The zero-order valence-corrected chi connectivity index (χ0v) is 11.0. The Morgan fingerprint density at radius 1 is 1.21 bits per heavy atom. The average Bonchev–Trinajstić information content (AvgIpc) is 2.81. The van der Waals surface area contributed by atoms with Gasteiger partial charge in [0.05, 0.1) is 14.2 Å². The highest BCUT2D eigenvalue weighted by Crippen LogP contribution is 2.19. The van der Waals surface area contributed by atoms with Gasteiger partial charge in [-0.15, -0.1) is 5.10 Å². The van der Waals surface area contributed by atoms with Gasteiger partial charge < -0.3 is 14.8 Å². The van der Waals surface area contributed by atoms with Crippen molar-refractivity contribution in [1.82, 2.24) is 9.78 Å². The van der Waals surface area contributed by atoms with Crippen LogP contribution >= 0.6 is 0 Å². The number of ether oxygens (including phenoxy) is 2. The van der Waals surface area contributed by atoms with Crippen LogP contribution in [0.2, 0.25) is 0 Å². The Bertz CT molecular complexity index is 575. The van der Waals surface area contributed by atoms with E-state index in [0.717, 1.165) is 5.75 Å². The van der Waals surface area contributed by atoms with Crippen molar-refractivity contribution in [2.45, 2.75) is 0 Å². The minimum Gasteiger partial charge on any atom is -0.497 e. The number of methoxy groups -OCH3 is 2. The maximum absolute atomic E-state index is 12.1. The van der Waals surface area contributed by atoms with E-state index < -0.39 is 0 Å². The molecule has 1 aromatic heterocycles. The first-order chi connectivity index (χ1) is 9.13. The third kappa shape index (κ3) is 2.85. The lowest BCUT2D eigenvalue weighted by Crippen LogP contribution is -2.12. The second kappa shape index (κ2) is 5.43. The van der Waals surface area contributed by atoms with Crippen LogP contribution in [0.4, 0.5) is 5.69 Å². The molecule has 1 aromatic carbocycles. The number of aromatic nitrogens is 2. The minimum atomic E-state index is -0.268. The maximum atomic E-state index is 12.1. The van der Waals surface area contributed by atoms with Crippen LogP contribution in [0, 0.1) is 0 Å². The van der Waals surface area contributed by atoms with Gasteiger partial charge in [-0.2, -0.15) is 0 Å². The summed E-state index contributed by atoms with van der Waals surface area (Å²) >= 11 is 0. The second-order valence-electron chi connectivity index (χ2n) is 3.91. The highest BCUT2D eigenvalue weighted by atomic mass is 16.5. The van der Waals surface area contributed by atoms with Gasteiger partial charge in [0.15, 0.2) is 0 Å². The van der Waals surface area contributed by atoms with Gasteiger partial charge >= 0.3 is 0 Å². The second-order valence-corrected chi connectivity index (χ2v) is 3.91. The van der Waals surface area contributed by atoms with Crippen molar-refractivity contribution < 1.29 is 14.3 Å². The van der Waals surface area contributed by atoms with E-state index in [1.165, 1.54) is 11.8 Å². The van der Waals surface area contributed by atoms with E-state index in [0.29, 0.717) is 17.1 Å². The summed E-state index contributed by atoms with van der Waals surface area (Å²) in [5.41, 5.74) is 1.07. The molecule has 0 bridgehead atoms. The van der Waals surface area contributed by atoms with E-state index in [2.05, 4.69) is 10.4 Å². The number of aryl methyl sites for hydroxylation is 1. The molecule has 0 fully saturated rings. The molecule has 19 heavy (non-hydrogen) atoms. The molecule has 100 valence electrons. The molecule has 2 aromatic rings. The summed E-state index contributed by atoms with van der Waals surface area (Å²) in [6, 6.07) is 7.07. The number of carbonyl (C=O) groups is 1. The summed E-state index contributed by atoms with van der Waals surface area (Å²) in [7, 11) is 4.80. The molecular formula is C13H15N3O3. The first-order valence-electron chi connectivity index (χ1n) is 5.67. The SMILES string of the molecule is COc1ccc(NC(=O)c2cn(C)nc2OC)cc1. The summed E-state index contributed by atoms with van der Waals surface area (Å²) in [5.74, 6) is 0.764. The lowest BCUT2D eigenvalue weighted by atomic mass is 10.2. The third-order valence-corrected chi connectivity index (χ3v) is 2.58. The zero-order chi connectivity index (χ0) is 13.8.